The van der Waals surface area contributed by atoms with Gasteiger partial charge in [0.1, 0.15) is 12.3 Å². The van der Waals surface area contributed by atoms with Crippen molar-refractivity contribution in [3.05, 3.63) is 97.9 Å². The number of imide groups is 1. The van der Waals surface area contributed by atoms with E-state index in [9.17, 15) is 37.7 Å². The number of para-hydroxylation sites is 1. The average molecular weight is 572 g/mol. The molecule has 3 aromatic carbocycles. The highest BCUT2D eigenvalue weighted by molar-refractivity contribution is 8.18. The summed E-state index contributed by atoms with van der Waals surface area (Å²) < 4.78 is 44.7. The molecule has 4 rings (SSSR count). The standard InChI is InChI=1S/C27H20F3N3O6S/c1-15-7-8-16(2)19(11-15)31-24(34)14-32-25(35)23(40-26(32)36)12-17-5-3-4-6-21(17)39-22-10-9-18(27(28,29)30)13-20(22)33(37)38/h3-13H,14H2,1-2H3,(H,31,34)/b23-12+. The number of hydrogen-bond donors (Lipinski definition) is 1. The summed E-state index contributed by atoms with van der Waals surface area (Å²) in [6.07, 6.45) is -3.49. The summed E-state index contributed by atoms with van der Waals surface area (Å²) in [6.45, 7) is 3.13. The summed E-state index contributed by atoms with van der Waals surface area (Å²) in [5, 5.41) is 13.4. The zero-order chi connectivity index (χ0) is 29.2. The molecular formula is C27H20F3N3O6S. The number of ether oxygens (including phenoxy) is 1. The van der Waals surface area contributed by atoms with Crippen LogP contribution in [-0.2, 0) is 15.8 Å². The van der Waals surface area contributed by atoms with E-state index in [0.29, 0.717) is 29.6 Å². The van der Waals surface area contributed by atoms with Crippen molar-refractivity contribution in [2.45, 2.75) is 20.0 Å². The van der Waals surface area contributed by atoms with Crippen LogP contribution in [0.25, 0.3) is 6.08 Å². The number of rotatable bonds is 7. The van der Waals surface area contributed by atoms with Crippen molar-refractivity contribution in [1.82, 2.24) is 4.90 Å². The van der Waals surface area contributed by atoms with Gasteiger partial charge in [-0.2, -0.15) is 13.2 Å². The first kappa shape index (κ1) is 28.4. The maximum atomic E-state index is 13.0. The molecule has 3 aromatic rings. The zero-order valence-corrected chi connectivity index (χ0v) is 21.8. The van der Waals surface area contributed by atoms with E-state index in [1.54, 1.807) is 19.1 Å². The Morgan fingerprint density at radius 1 is 1.07 bits per heavy atom. The van der Waals surface area contributed by atoms with Crippen LogP contribution in [0.1, 0.15) is 22.3 Å². The second kappa shape index (κ2) is 11.2. The Balaban J connectivity index is 1.55. The van der Waals surface area contributed by atoms with E-state index >= 15 is 0 Å². The second-order valence-corrected chi connectivity index (χ2v) is 9.70. The number of benzene rings is 3. The molecule has 40 heavy (non-hydrogen) atoms. The minimum Gasteiger partial charge on any atom is -0.449 e. The Labute approximate surface area is 229 Å². The van der Waals surface area contributed by atoms with Crippen molar-refractivity contribution in [2.75, 3.05) is 11.9 Å². The molecule has 0 spiro atoms. The Hall–Kier alpha value is -4.65. The number of thioether (sulfide) groups is 1. The lowest BCUT2D eigenvalue weighted by Gasteiger charge is -2.14. The van der Waals surface area contributed by atoms with Gasteiger partial charge in [0.2, 0.25) is 11.7 Å². The van der Waals surface area contributed by atoms with Crippen LogP contribution in [0.4, 0.5) is 29.3 Å². The van der Waals surface area contributed by atoms with E-state index in [2.05, 4.69) is 5.32 Å². The summed E-state index contributed by atoms with van der Waals surface area (Å²) in [5.74, 6) is -1.77. The monoisotopic (exact) mass is 571 g/mol. The van der Waals surface area contributed by atoms with Gasteiger partial charge in [-0.05, 0) is 67.1 Å². The van der Waals surface area contributed by atoms with Crippen LogP contribution < -0.4 is 10.1 Å². The topological polar surface area (TPSA) is 119 Å². The van der Waals surface area contributed by atoms with E-state index in [0.717, 1.165) is 22.1 Å². The van der Waals surface area contributed by atoms with Crippen LogP contribution in [0.3, 0.4) is 0 Å². The summed E-state index contributed by atoms with van der Waals surface area (Å²) in [7, 11) is 0. The minimum atomic E-state index is -4.79. The molecule has 0 radical (unpaired) electrons. The third kappa shape index (κ3) is 6.31. The first-order chi connectivity index (χ1) is 18.8. The minimum absolute atomic E-state index is 0.00942. The third-order valence-electron chi connectivity index (χ3n) is 5.75. The van der Waals surface area contributed by atoms with Crippen LogP contribution in [0.2, 0.25) is 0 Å². The molecule has 0 atom stereocenters. The Morgan fingerprint density at radius 3 is 2.50 bits per heavy atom. The number of amides is 3. The van der Waals surface area contributed by atoms with Crippen molar-refractivity contribution in [2.24, 2.45) is 0 Å². The fourth-order valence-electron chi connectivity index (χ4n) is 3.72. The van der Waals surface area contributed by atoms with Crippen LogP contribution in [0.5, 0.6) is 11.5 Å². The van der Waals surface area contributed by atoms with E-state index < -0.39 is 51.7 Å². The van der Waals surface area contributed by atoms with Crippen molar-refractivity contribution in [1.29, 1.82) is 0 Å². The molecule has 0 aliphatic carbocycles. The van der Waals surface area contributed by atoms with Crippen molar-refractivity contribution in [3.63, 3.8) is 0 Å². The van der Waals surface area contributed by atoms with Crippen LogP contribution >= 0.6 is 11.8 Å². The maximum Gasteiger partial charge on any atom is 0.416 e. The number of carbonyl (C=O) groups excluding carboxylic acids is 3. The molecule has 1 aliphatic rings. The highest BCUT2D eigenvalue weighted by Gasteiger charge is 2.37. The lowest BCUT2D eigenvalue weighted by molar-refractivity contribution is -0.385. The number of carbonyl (C=O) groups is 3. The number of anilines is 1. The number of nitrogens with zero attached hydrogens (tertiary/aromatic N) is 2. The molecule has 1 heterocycles. The van der Waals surface area contributed by atoms with Gasteiger partial charge in [-0.15, -0.1) is 0 Å². The Kier molecular flexibility index (Phi) is 7.96. The first-order valence-electron chi connectivity index (χ1n) is 11.6. The third-order valence-corrected chi connectivity index (χ3v) is 6.66. The van der Waals surface area contributed by atoms with Gasteiger partial charge in [0.25, 0.3) is 11.1 Å². The molecule has 9 nitrogen and oxygen atoms in total. The van der Waals surface area contributed by atoms with Gasteiger partial charge < -0.3 is 10.1 Å². The highest BCUT2D eigenvalue weighted by Crippen LogP contribution is 2.40. The normalized spacial score (nSPS) is 14.5. The van der Waals surface area contributed by atoms with E-state index in [1.807, 2.05) is 19.1 Å². The summed E-state index contributed by atoms with van der Waals surface area (Å²) >= 11 is 0.588. The Bertz CT molecular complexity index is 1570. The fourth-order valence-corrected chi connectivity index (χ4v) is 4.54. The number of hydrogen-bond acceptors (Lipinski definition) is 7. The predicted molar refractivity (Wildman–Crippen MR) is 142 cm³/mol. The molecule has 0 bridgehead atoms. The largest absolute Gasteiger partial charge is 0.449 e. The first-order valence-corrected chi connectivity index (χ1v) is 12.4. The average Bonchev–Trinajstić information content (AvgIpc) is 3.14. The molecule has 0 aromatic heterocycles. The molecule has 0 unspecified atom stereocenters. The lowest BCUT2D eigenvalue weighted by atomic mass is 10.1. The maximum absolute atomic E-state index is 13.0. The smallest absolute Gasteiger partial charge is 0.416 e. The van der Waals surface area contributed by atoms with Gasteiger partial charge >= 0.3 is 11.9 Å². The molecular weight excluding hydrogens is 551 g/mol. The van der Waals surface area contributed by atoms with Gasteiger partial charge in [0, 0.05) is 17.3 Å². The SMILES string of the molecule is Cc1ccc(C)c(NC(=O)CN2C(=O)S/C(=C/c3ccccc3Oc3ccc(C(F)(F)F)cc3[N+](=O)[O-])C2=O)c1. The van der Waals surface area contributed by atoms with Gasteiger partial charge in [0.05, 0.1) is 15.4 Å². The number of halogens is 3. The van der Waals surface area contributed by atoms with Gasteiger partial charge in [-0.1, -0.05) is 30.3 Å². The number of alkyl halides is 3. The lowest BCUT2D eigenvalue weighted by Crippen LogP contribution is -2.36. The molecule has 206 valence electrons. The van der Waals surface area contributed by atoms with Crippen molar-refractivity contribution in [3.8, 4) is 11.5 Å². The number of aryl methyl sites for hydroxylation is 2. The van der Waals surface area contributed by atoms with Crippen molar-refractivity contribution >= 4 is 46.3 Å². The van der Waals surface area contributed by atoms with Crippen LogP contribution in [0, 0.1) is 24.0 Å². The molecule has 13 heteroatoms. The summed E-state index contributed by atoms with van der Waals surface area (Å²) in [6, 6.07) is 13.3. The molecule has 3 amide bonds. The molecule has 1 N–H and O–H groups in total. The Morgan fingerprint density at radius 2 is 1.80 bits per heavy atom. The van der Waals surface area contributed by atoms with E-state index in [1.165, 1.54) is 24.3 Å². The summed E-state index contributed by atoms with van der Waals surface area (Å²) in [5.41, 5.74) is 0.378. The van der Waals surface area contributed by atoms with Gasteiger partial charge in [0.15, 0.2) is 0 Å². The number of nitro groups is 1. The van der Waals surface area contributed by atoms with E-state index in [4.69, 9.17) is 4.74 Å². The number of nitro benzene ring substituents is 1. The second-order valence-electron chi connectivity index (χ2n) is 8.71. The fraction of sp³-hybridized carbons (Fsp3) is 0.148. The molecule has 1 saturated heterocycles. The van der Waals surface area contributed by atoms with Crippen LogP contribution in [-0.4, -0.2) is 33.4 Å². The summed E-state index contributed by atoms with van der Waals surface area (Å²) in [4.78, 5) is 49.3. The molecule has 1 fully saturated rings. The van der Waals surface area contributed by atoms with Gasteiger partial charge in [-0.3, -0.25) is 29.4 Å². The predicted octanol–water partition coefficient (Wildman–Crippen LogP) is 6.70. The molecule has 0 saturated carbocycles. The highest BCUT2D eigenvalue weighted by atomic mass is 32.2. The zero-order valence-electron chi connectivity index (χ0n) is 20.9. The molecule has 1 aliphatic heterocycles. The quantitative estimate of drug-likeness (QED) is 0.190. The van der Waals surface area contributed by atoms with Crippen LogP contribution in [0.15, 0.2) is 65.6 Å². The van der Waals surface area contributed by atoms with Crippen molar-refractivity contribution < 1.29 is 37.2 Å². The number of nitrogens with one attached hydrogen (secondary N) is 1. The van der Waals surface area contributed by atoms with Gasteiger partial charge in [-0.25, -0.2) is 0 Å². The van der Waals surface area contributed by atoms with E-state index in [-0.39, 0.29) is 16.2 Å².